The first-order valence-corrected chi connectivity index (χ1v) is 11.5. The summed E-state index contributed by atoms with van der Waals surface area (Å²) < 4.78 is 35.0. The Morgan fingerprint density at radius 2 is 1.79 bits per heavy atom. The van der Waals surface area contributed by atoms with Gasteiger partial charge in [-0.3, -0.25) is 4.79 Å². The first-order chi connectivity index (χ1) is 13.1. The summed E-state index contributed by atoms with van der Waals surface area (Å²) in [7, 11) is -3.54. The van der Waals surface area contributed by atoms with Gasteiger partial charge in [-0.1, -0.05) is 0 Å². The molecule has 2 heterocycles. The molecule has 1 atom stereocenters. The number of ether oxygens (including phenoxy) is 2. The van der Waals surface area contributed by atoms with Gasteiger partial charge in [-0.15, -0.1) is 11.3 Å². The van der Waals surface area contributed by atoms with Gasteiger partial charge in [-0.2, -0.15) is 4.31 Å². The highest BCUT2D eigenvalue weighted by Gasteiger charge is 2.37. The van der Waals surface area contributed by atoms with Gasteiger partial charge in [0.2, 0.25) is 15.9 Å². The lowest BCUT2D eigenvalue weighted by atomic mass is 10.1. The molecule has 2 rings (SSSR count). The second kappa shape index (κ2) is 9.01. The van der Waals surface area contributed by atoms with Gasteiger partial charge in [-0.25, -0.2) is 18.0 Å². The van der Waals surface area contributed by atoms with Gasteiger partial charge in [0.05, 0.1) is 25.0 Å². The molecular formula is C17H24N2O7S2. The van der Waals surface area contributed by atoms with Crippen molar-refractivity contribution in [2.24, 2.45) is 0 Å². The lowest BCUT2D eigenvalue weighted by Gasteiger charge is -2.21. The molecule has 1 aromatic rings. The van der Waals surface area contributed by atoms with Crippen LogP contribution in [-0.2, 0) is 24.3 Å². The number of carbonyl (C=O) groups is 3. The molecule has 0 spiro atoms. The molecule has 9 nitrogen and oxygen atoms in total. The fraction of sp³-hybridized carbons (Fsp3) is 0.588. The van der Waals surface area contributed by atoms with E-state index in [9.17, 15) is 22.8 Å². The monoisotopic (exact) mass is 432 g/mol. The molecular weight excluding hydrogens is 408 g/mol. The minimum Gasteiger partial charge on any atom is -0.462 e. The lowest BCUT2D eigenvalue weighted by Crippen LogP contribution is -2.42. The zero-order chi connectivity index (χ0) is 21.1. The summed E-state index contributed by atoms with van der Waals surface area (Å²) in [5.74, 6) is -1.83. The number of rotatable bonds is 7. The van der Waals surface area contributed by atoms with Crippen molar-refractivity contribution in [1.82, 2.24) is 4.31 Å². The van der Waals surface area contributed by atoms with Gasteiger partial charge in [-0.05, 0) is 39.2 Å². The number of esters is 2. The standard InChI is InChI=1S/C17H24N2O7S2/c1-5-25-16(21)12-10(3)13(17(22)26-6-2)27-15(12)18-14(20)11-8-7-9-19(11)28(4,23)24/h11H,5-9H2,1-4H3,(H,18,20). The summed E-state index contributed by atoms with van der Waals surface area (Å²) in [6.07, 6.45) is 1.99. The number of carbonyl (C=O) groups excluding carboxylic acids is 3. The SMILES string of the molecule is CCOC(=O)c1sc(NC(=O)C2CCCN2S(C)(=O)=O)c(C(=O)OCC)c1C. The predicted molar refractivity (Wildman–Crippen MR) is 104 cm³/mol. The second-order valence-corrected chi connectivity index (χ2v) is 9.18. The number of nitrogens with zero attached hydrogens (tertiary/aromatic N) is 1. The van der Waals surface area contributed by atoms with Crippen LogP contribution in [0.25, 0.3) is 0 Å². The van der Waals surface area contributed by atoms with Crippen molar-refractivity contribution in [1.29, 1.82) is 0 Å². The number of thiophene rings is 1. The fourth-order valence-electron chi connectivity index (χ4n) is 3.04. The van der Waals surface area contributed by atoms with Crippen LogP contribution in [0.3, 0.4) is 0 Å². The summed E-state index contributed by atoms with van der Waals surface area (Å²) in [6.45, 7) is 5.43. The predicted octanol–water partition coefficient (Wildman–Crippen LogP) is 1.77. The van der Waals surface area contributed by atoms with Crippen molar-refractivity contribution in [3.63, 3.8) is 0 Å². The van der Waals surface area contributed by atoms with E-state index in [1.54, 1.807) is 20.8 Å². The third kappa shape index (κ3) is 4.70. The Bertz CT molecular complexity index is 876. The summed E-state index contributed by atoms with van der Waals surface area (Å²) in [5.41, 5.74) is 0.427. The van der Waals surface area contributed by atoms with Gasteiger partial charge in [0, 0.05) is 6.54 Å². The summed E-state index contributed by atoms with van der Waals surface area (Å²) in [5, 5.41) is 2.76. The summed E-state index contributed by atoms with van der Waals surface area (Å²) >= 11 is 0.909. The molecule has 1 fully saturated rings. The van der Waals surface area contributed by atoms with E-state index in [0.717, 1.165) is 21.9 Å². The van der Waals surface area contributed by atoms with E-state index in [-0.39, 0.29) is 35.2 Å². The van der Waals surface area contributed by atoms with Crippen LogP contribution in [0.5, 0.6) is 0 Å². The van der Waals surface area contributed by atoms with Crippen LogP contribution < -0.4 is 5.32 Å². The van der Waals surface area contributed by atoms with Crippen molar-refractivity contribution in [3.8, 4) is 0 Å². The molecule has 1 saturated heterocycles. The van der Waals surface area contributed by atoms with E-state index < -0.39 is 33.9 Å². The van der Waals surface area contributed by atoms with Crippen LogP contribution in [0.4, 0.5) is 5.00 Å². The van der Waals surface area contributed by atoms with Crippen molar-refractivity contribution in [3.05, 3.63) is 16.0 Å². The molecule has 1 aromatic heterocycles. The highest BCUT2D eigenvalue weighted by atomic mass is 32.2. The van der Waals surface area contributed by atoms with E-state index in [2.05, 4.69) is 5.32 Å². The number of hydrogen-bond acceptors (Lipinski definition) is 8. The molecule has 0 aromatic carbocycles. The summed E-state index contributed by atoms with van der Waals surface area (Å²) in [4.78, 5) is 37.5. The molecule has 11 heteroatoms. The Kier molecular flexibility index (Phi) is 7.18. The second-order valence-electron chi connectivity index (χ2n) is 6.22. The highest BCUT2D eigenvalue weighted by molar-refractivity contribution is 7.88. The van der Waals surface area contributed by atoms with Gasteiger partial charge >= 0.3 is 11.9 Å². The zero-order valence-corrected chi connectivity index (χ0v) is 17.9. The topological polar surface area (TPSA) is 119 Å². The molecule has 1 aliphatic rings. The molecule has 0 saturated carbocycles. The molecule has 28 heavy (non-hydrogen) atoms. The Labute approximate surface area is 168 Å². The number of hydrogen-bond donors (Lipinski definition) is 1. The first kappa shape index (κ1) is 22.3. The fourth-order valence-corrected chi connectivity index (χ4v) is 5.25. The van der Waals surface area contributed by atoms with E-state index in [1.807, 2.05) is 0 Å². The molecule has 0 aliphatic carbocycles. The highest BCUT2D eigenvalue weighted by Crippen LogP contribution is 2.35. The number of anilines is 1. The average Bonchev–Trinajstić information content (AvgIpc) is 3.20. The minimum absolute atomic E-state index is 0.0761. The third-order valence-electron chi connectivity index (χ3n) is 4.26. The van der Waals surface area contributed by atoms with Gasteiger partial charge in [0.15, 0.2) is 0 Å². The van der Waals surface area contributed by atoms with Crippen molar-refractivity contribution < 1.29 is 32.3 Å². The zero-order valence-electron chi connectivity index (χ0n) is 16.2. The van der Waals surface area contributed by atoms with Crippen LogP contribution in [0, 0.1) is 6.92 Å². The number of amides is 1. The maximum atomic E-state index is 12.7. The van der Waals surface area contributed by atoms with Gasteiger partial charge in [0.25, 0.3) is 0 Å². The molecule has 1 aliphatic heterocycles. The molecule has 0 bridgehead atoms. The van der Waals surface area contributed by atoms with E-state index in [4.69, 9.17) is 9.47 Å². The van der Waals surface area contributed by atoms with Crippen LogP contribution in [0.1, 0.15) is 52.3 Å². The number of sulfonamides is 1. The minimum atomic E-state index is -3.54. The van der Waals surface area contributed by atoms with E-state index >= 15 is 0 Å². The molecule has 1 amide bonds. The van der Waals surface area contributed by atoms with Crippen molar-refractivity contribution in [2.75, 3.05) is 31.3 Å². The van der Waals surface area contributed by atoms with E-state index in [1.165, 1.54) is 0 Å². The van der Waals surface area contributed by atoms with Gasteiger partial charge < -0.3 is 14.8 Å². The lowest BCUT2D eigenvalue weighted by molar-refractivity contribution is -0.119. The average molecular weight is 433 g/mol. The van der Waals surface area contributed by atoms with Crippen LogP contribution in [-0.4, -0.2) is 62.6 Å². The Morgan fingerprint density at radius 3 is 2.36 bits per heavy atom. The third-order valence-corrected chi connectivity index (χ3v) is 6.73. The van der Waals surface area contributed by atoms with Crippen LogP contribution in [0.2, 0.25) is 0 Å². The van der Waals surface area contributed by atoms with E-state index in [0.29, 0.717) is 18.4 Å². The summed E-state index contributed by atoms with van der Waals surface area (Å²) in [6, 6.07) is -0.863. The Balaban J connectivity index is 2.38. The molecule has 1 N–H and O–H groups in total. The van der Waals surface area contributed by atoms with Crippen molar-refractivity contribution in [2.45, 2.75) is 39.7 Å². The maximum absolute atomic E-state index is 12.7. The van der Waals surface area contributed by atoms with Gasteiger partial charge in [0.1, 0.15) is 15.9 Å². The Hall–Kier alpha value is -1.98. The molecule has 156 valence electrons. The molecule has 1 unspecified atom stereocenters. The van der Waals surface area contributed by atoms with Crippen molar-refractivity contribution >= 4 is 44.2 Å². The largest absolute Gasteiger partial charge is 0.462 e. The Morgan fingerprint density at radius 1 is 1.18 bits per heavy atom. The van der Waals surface area contributed by atoms with Crippen LogP contribution >= 0.6 is 11.3 Å². The van der Waals surface area contributed by atoms with Crippen LogP contribution in [0.15, 0.2) is 0 Å². The number of nitrogens with one attached hydrogen (secondary N) is 1. The first-order valence-electron chi connectivity index (χ1n) is 8.87. The quantitative estimate of drug-likeness (QED) is 0.652. The maximum Gasteiger partial charge on any atom is 0.348 e. The normalized spacial score (nSPS) is 17.4. The molecule has 0 radical (unpaired) electrons. The smallest absolute Gasteiger partial charge is 0.348 e.